The first-order valence-corrected chi connectivity index (χ1v) is 11.9. The summed E-state index contributed by atoms with van der Waals surface area (Å²) >= 11 is 0. The number of hydrogen-bond donors (Lipinski definition) is 6. The van der Waals surface area contributed by atoms with E-state index in [0.717, 1.165) is 0 Å². The second-order valence-electron chi connectivity index (χ2n) is 8.55. The molecule has 0 saturated heterocycles. The molecule has 2 aromatic rings. The van der Waals surface area contributed by atoms with E-state index in [4.69, 9.17) is 21.7 Å². The summed E-state index contributed by atoms with van der Waals surface area (Å²) in [6, 6.07) is 10.4. The van der Waals surface area contributed by atoms with Crippen LogP contribution < -0.4 is 32.3 Å². The Kier molecular flexibility index (Phi) is 17.2. The van der Waals surface area contributed by atoms with Crippen LogP contribution in [0, 0.1) is 0 Å². The van der Waals surface area contributed by atoms with Gasteiger partial charge in [0.15, 0.2) is 0 Å². The van der Waals surface area contributed by atoms with Crippen molar-refractivity contribution in [1.29, 1.82) is 0 Å². The summed E-state index contributed by atoms with van der Waals surface area (Å²) < 4.78 is 0. The number of hydrogen-bond acceptors (Lipinski definition) is 10. The SMILES string of the molecule is N[C@@H](CCC(=O)Nc1ccc(CC(=O)[O-])cc1)C(=O)O.N[C@@H](CCC(=O)Nc1ccc(CC(=O)[O-])cc1)C(=O)O.[Mg+2]. The molecule has 0 bridgehead atoms. The Labute approximate surface area is 251 Å². The monoisotopic (exact) mass is 582 g/mol. The van der Waals surface area contributed by atoms with Gasteiger partial charge in [0.05, 0.1) is 0 Å². The Morgan fingerprint density at radius 1 is 0.634 bits per heavy atom. The predicted octanol–water partition coefficient (Wildman–Crippen LogP) is -2.16. The molecule has 0 saturated carbocycles. The van der Waals surface area contributed by atoms with E-state index >= 15 is 0 Å². The molecule has 2 atom stereocenters. The van der Waals surface area contributed by atoms with E-state index in [1.165, 1.54) is 0 Å². The Bertz CT molecular complexity index is 1100. The van der Waals surface area contributed by atoms with E-state index in [2.05, 4.69) is 10.6 Å². The molecule has 0 aliphatic heterocycles. The molecule has 0 aliphatic carbocycles. The number of nitrogens with one attached hydrogen (secondary N) is 2. The molecule has 15 heteroatoms. The number of anilines is 2. The van der Waals surface area contributed by atoms with Gasteiger partial charge in [-0.3, -0.25) is 19.2 Å². The number of nitrogens with two attached hydrogens (primary N) is 2. The van der Waals surface area contributed by atoms with Gasteiger partial charge in [-0.05, 0) is 48.2 Å². The fraction of sp³-hybridized carbons (Fsp3) is 0.308. The number of carbonyl (C=O) groups excluding carboxylic acids is 4. The maximum atomic E-state index is 11.5. The first-order chi connectivity index (χ1) is 18.8. The van der Waals surface area contributed by atoms with Gasteiger partial charge in [0.1, 0.15) is 12.1 Å². The topological polar surface area (TPSA) is 265 Å². The van der Waals surface area contributed by atoms with Crippen LogP contribution in [0.1, 0.15) is 36.8 Å². The molecular weight excluding hydrogens is 553 g/mol. The number of rotatable bonds is 14. The minimum Gasteiger partial charge on any atom is -0.550 e. The fourth-order valence-corrected chi connectivity index (χ4v) is 3.01. The number of carboxylic acids is 4. The third-order valence-corrected chi connectivity index (χ3v) is 5.17. The first-order valence-electron chi connectivity index (χ1n) is 11.9. The van der Waals surface area contributed by atoms with Gasteiger partial charge in [0.25, 0.3) is 0 Å². The van der Waals surface area contributed by atoms with Gasteiger partial charge in [0.2, 0.25) is 11.8 Å². The summed E-state index contributed by atoms with van der Waals surface area (Å²) in [5, 5.41) is 43.1. The number of aliphatic carboxylic acids is 4. The molecule has 0 aliphatic rings. The van der Waals surface area contributed by atoms with Crippen molar-refractivity contribution in [3.05, 3.63) is 59.7 Å². The first kappa shape index (κ1) is 36.9. The quantitative estimate of drug-likeness (QED) is 0.130. The second-order valence-corrected chi connectivity index (χ2v) is 8.55. The maximum Gasteiger partial charge on any atom is 2.00 e. The number of carbonyl (C=O) groups is 6. The van der Waals surface area contributed by atoms with Crippen LogP contribution in [0.4, 0.5) is 11.4 Å². The van der Waals surface area contributed by atoms with E-state index in [-0.39, 0.29) is 73.4 Å². The van der Waals surface area contributed by atoms with Gasteiger partial charge >= 0.3 is 35.0 Å². The summed E-state index contributed by atoms with van der Waals surface area (Å²) in [6.45, 7) is 0. The summed E-state index contributed by atoms with van der Waals surface area (Å²) in [5.74, 6) is -5.36. The summed E-state index contributed by atoms with van der Waals surface area (Å²) in [5.41, 5.74) is 12.7. The molecule has 0 fully saturated rings. The van der Waals surface area contributed by atoms with Gasteiger partial charge in [-0.1, -0.05) is 24.3 Å². The molecular formula is C26H30MgN4O10. The zero-order chi connectivity index (χ0) is 30.2. The van der Waals surface area contributed by atoms with Crippen molar-refractivity contribution >= 4 is 70.1 Å². The zero-order valence-electron chi connectivity index (χ0n) is 22.0. The van der Waals surface area contributed by atoms with Crippen molar-refractivity contribution in [1.82, 2.24) is 0 Å². The molecule has 0 aromatic heterocycles. The van der Waals surface area contributed by atoms with E-state index in [1.54, 1.807) is 48.5 Å². The molecule has 41 heavy (non-hydrogen) atoms. The predicted molar refractivity (Wildman–Crippen MR) is 143 cm³/mol. The molecule has 2 aromatic carbocycles. The van der Waals surface area contributed by atoms with E-state index in [1.807, 2.05) is 0 Å². The third kappa shape index (κ3) is 16.6. The van der Waals surface area contributed by atoms with Crippen molar-refractivity contribution < 1.29 is 49.2 Å². The molecule has 2 rings (SSSR count). The standard InChI is InChI=1S/2C13H16N2O5.Mg/c2*14-10(13(19)20)5-6-11(16)15-9-3-1-8(2-4-9)7-12(17)18;/h2*1-4,10H,5-7,14H2,(H,15,16)(H,17,18)(H,19,20);/q;;+2/p-2/t2*10-;/m00./s1. The van der Waals surface area contributed by atoms with Crippen LogP contribution in [-0.4, -0.2) is 81.0 Å². The molecule has 216 valence electrons. The van der Waals surface area contributed by atoms with Crippen LogP contribution in [0.2, 0.25) is 0 Å². The van der Waals surface area contributed by atoms with Gasteiger partial charge < -0.3 is 52.1 Å². The van der Waals surface area contributed by atoms with Crippen LogP contribution >= 0.6 is 0 Å². The summed E-state index contributed by atoms with van der Waals surface area (Å²) in [6.07, 6.45) is -0.306. The average molecular weight is 583 g/mol. The van der Waals surface area contributed by atoms with Crippen molar-refractivity contribution in [2.45, 2.75) is 50.6 Å². The van der Waals surface area contributed by atoms with Crippen LogP contribution in [0.15, 0.2) is 48.5 Å². The largest absolute Gasteiger partial charge is 2.00 e. The third-order valence-electron chi connectivity index (χ3n) is 5.17. The molecule has 8 N–H and O–H groups in total. The Hall–Kier alpha value is -4.05. The van der Waals surface area contributed by atoms with E-state index in [0.29, 0.717) is 22.5 Å². The molecule has 0 heterocycles. The minimum absolute atomic E-state index is 0. The van der Waals surface area contributed by atoms with Crippen LogP contribution in [0.3, 0.4) is 0 Å². The number of benzene rings is 2. The smallest absolute Gasteiger partial charge is 0.550 e. The normalized spacial score (nSPS) is 11.4. The van der Waals surface area contributed by atoms with Gasteiger partial charge in [0, 0.05) is 49.0 Å². The maximum absolute atomic E-state index is 11.5. The summed E-state index contributed by atoms with van der Waals surface area (Å²) in [7, 11) is 0. The van der Waals surface area contributed by atoms with Gasteiger partial charge in [-0.15, -0.1) is 0 Å². The molecule has 0 unspecified atom stereocenters. The van der Waals surface area contributed by atoms with Gasteiger partial charge in [-0.25, -0.2) is 0 Å². The van der Waals surface area contributed by atoms with Crippen molar-refractivity contribution in [2.24, 2.45) is 11.5 Å². The average Bonchev–Trinajstić information content (AvgIpc) is 2.87. The van der Waals surface area contributed by atoms with E-state index < -0.39 is 36.0 Å². The van der Waals surface area contributed by atoms with Crippen molar-refractivity contribution in [2.75, 3.05) is 10.6 Å². The van der Waals surface area contributed by atoms with Gasteiger partial charge in [-0.2, -0.15) is 0 Å². The Morgan fingerprint density at radius 2 is 0.927 bits per heavy atom. The summed E-state index contributed by atoms with van der Waals surface area (Å²) in [4.78, 5) is 64.8. The fourth-order valence-electron chi connectivity index (χ4n) is 3.01. The van der Waals surface area contributed by atoms with Crippen molar-refractivity contribution in [3.8, 4) is 0 Å². The Balaban J connectivity index is 0.000000762. The molecule has 0 radical (unpaired) electrons. The Morgan fingerprint density at radius 3 is 1.17 bits per heavy atom. The number of carboxylic acid groups (broad SMARTS) is 4. The van der Waals surface area contributed by atoms with Crippen LogP contribution in [-0.2, 0) is 41.6 Å². The number of amides is 2. The van der Waals surface area contributed by atoms with E-state index in [9.17, 15) is 39.0 Å². The molecule has 14 nitrogen and oxygen atoms in total. The van der Waals surface area contributed by atoms with Crippen LogP contribution in [0.5, 0.6) is 0 Å². The zero-order valence-corrected chi connectivity index (χ0v) is 23.5. The molecule has 2 amide bonds. The second kappa shape index (κ2) is 19.1. The van der Waals surface area contributed by atoms with Crippen molar-refractivity contribution in [3.63, 3.8) is 0 Å². The minimum atomic E-state index is -1.18. The van der Waals surface area contributed by atoms with Crippen LogP contribution in [0.25, 0.3) is 0 Å². The molecule has 0 spiro atoms.